The molecular weight excluding hydrogens is 434 g/mol. The van der Waals surface area contributed by atoms with E-state index in [0.717, 1.165) is 22.3 Å². The number of nitrogens with zero attached hydrogens (tertiary/aromatic N) is 1. The van der Waals surface area contributed by atoms with Crippen LogP contribution >= 0.6 is 0 Å². The fourth-order valence-corrected chi connectivity index (χ4v) is 4.93. The van der Waals surface area contributed by atoms with Gasteiger partial charge in [0.25, 0.3) is 0 Å². The van der Waals surface area contributed by atoms with Gasteiger partial charge in [0.1, 0.15) is 18.4 Å². The number of rotatable bonds is 7. The van der Waals surface area contributed by atoms with Crippen LogP contribution < -0.4 is 0 Å². The van der Waals surface area contributed by atoms with Crippen molar-refractivity contribution in [2.24, 2.45) is 0 Å². The van der Waals surface area contributed by atoms with Gasteiger partial charge in [0.15, 0.2) is 0 Å². The first-order valence-corrected chi connectivity index (χ1v) is 12.1. The van der Waals surface area contributed by atoms with E-state index in [4.69, 9.17) is 9.47 Å². The van der Waals surface area contributed by atoms with Crippen LogP contribution in [0.1, 0.15) is 47.6 Å². The van der Waals surface area contributed by atoms with Crippen molar-refractivity contribution in [1.82, 2.24) is 4.90 Å². The van der Waals surface area contributed by atoms with Crippen LogP contribution in [-0.2, 0) is 14.3 Å². The summed E-state index contributed by atoms with van der Waals surface area (Å²) in [5.41, 5.74) is 4.13. The van der Waals surface area contributed by atoms with E-state index in [1.807, 2.05) is 91.9 Å². The summed E-state index contributed by atoms with van der Waals surface area (Å²) in [6, 6.07) is 39.8. The Hall–Kier alpha value is -3.73. The third-order valence-electron chi connectivity index (χ3n) is 6.42. The Morgan fingerprint density at radius 3 is 1.69 bits per heavy atom. The number of carbonyl (C=O) groups is 1. The molecule has 4 aromatic rings. The first-order chi connectivity index (χ1) is 17.3. The molecule has 3 atom stereocenters. The van der Waals surface area contributed by atoms with Gasteiger partial charge in [-0.05, 0) is 29.2 Å². The van der Waals surface area contributed by atoms with Crippen molar-refractivity contribution in [2.45, 2.75) is 31.3 Å². The van der Waals surface area contributed by atoms with Gasteiger partial charge in [0.2, 0.25) is 0 Å². The molecule has 0 aliphatic carbocycles. The zero-order valence-corrected chi connectivity index (χ0v) is 19.7. The van der Waals surface area contributed by atoms with Gasteiger partial charge in [0.05, 0.1) is 12.6 Å². The third kappa shape index (κ3) is 4.76. The van der Waals surface area contributed by atoms with Crippen LogP contribution in [0.2, 0.25) is 0 Å². The predicted octanol–water partition coefficient (Wildman–Crippen LogP) is 6.48. The van der Waals surface area contributed by atoms with E-state index in [1.165, 1.54) is 0 Å². The Kier molecular flexibility index (Phi) is 7.03. The van der Waals surface area contributed by atoms with Gasteiger partial charge in [-0.3, -0.25) is 4.79 Å². The standard InChI is InChI=1S/C31H29NO3/c1-2-34-31(33)28-29(25-19-11-5-12-20-25)35-30(26-21-13-6-14-22-26)32(28)27(23-15-7-3-8-16-23)24-17-9-4-10-18-24/h3-22,27-30H,2H2,1H3/t28-,29-,30-/m1/s1. The summed E-state index contributed by atoms with van der Waals surface area (Å²) in [4.78, 5) is 15.8. The van der Waals surface area contributed by atoms with Gasteiger partial charge in [-0.1, -0.05) is 121 Å². The molecule has 0 aromatic heterocycles. The van der Waals surface area contributed by atoms with Crippen LogP contribution in [-0.4, -0.2) is 23.5 Å². The normalized spacial score (nSPS) is 20.1. The summed E-state index contributed by atoms with van der Waals surface area (Å²) in [7, 11) is 0. The summed E-state index contributed by atoms with van der Waals surface area (Å²) in [6.45, 7) is 2.15. The van der Waals surface area contributed by atoms with Crippen LogP contribution in [0.15, 0.2) is 121 Å². The quantitative estimate of drug-likeness (QED) is 0.294. The largest absolute Gasteiger partial charge is 0.465 e. The van der Waals surface area contributed by atoms with Crippen LogP contribution in [0, 0.1) is 0 Å². The lowest BCUT2D eigenvalue weighted by Gasteiger charge is -2.36. The van der Waals surface area contributed by atoms with Gasteiger partial charge in [-0.2, -0.15) is 0 Å². The highest BCUT2D eigenvalue weighted by atomic mass is 16.6. The fraction of sp³-hybridized carbons (Fsp3) is 0.194. The van der Waals surface area contributed by atoms with E-state index in [1.54, 1.807) is 0 Å². The van der Waals surface area contributed by atoms with E-state index < -0.39 is 18.4 Å². The molecule has 0 radical (unpaired) electrons. The minimum atomic E-state index is -0.632. The van der Waals surface area contributed by atoms with Crippen molar-refractivity contribution in [3.63, 3.8) is 0 Å². The molecule has 176 valence electrons. The average molecular weight is 464 g/mol. The lowest BCUT2D eigenvalue weighted by atomic mass is 9.93. The van der Waals surface area contributed by atoms with Crippen molar-refractivity contribution in [3.05, 3.63) is 144 Å². The van der Waals surface area contributed by atoms with E-state index in [9.17, 15) is 4.79 Å². The first kappa shape index (κ1) is 23.0. The van der Waals surface area contributed by atoms with E-state index in [-0.39, 0.29) is 12.0 Å². The van der Waals surface area contributed by atoms with Crippen molar-refractivity contribution in [3.8, 4) is 0 Å². The van der Waals surface area contributed by atoms with Crippen LogP contribution in [0.25, 0.3) is 0 Å². The number of hydrogen-bond donors (Lipinski definition) is 0. The molecule has 0 unspecified atom stereocenters. The molecule has 4 heteroatoms. The second kappa shape index (κ2) is 10.7. The van der Waals surface area contributed by atoms with E-state index in [0.29, 0.717) is 6.61 Å². The van der Waals surface area contributed by atoms with Gasteiger partial charge in [-0.25, -0.2) is 4.90 Å². The number of esters is 1. The monoisotopic (exact) mass is 463 g/mol. The second-order valence-electron chi connectivity index (χ2n) is 8.60. The minimum absolute atomic E-state index is 0.217. The first-order valence-electron chi connectivity index (χ1n) is 12.1. The number of hydrogen-bond acceptors (Lipinski definition) is 4. The van der Waals surface area contributed by atoms with Crippen molar-refractivity contribution in [2.75, 3.05) is 6.61 Å². The Morgan fingerprint density at radius 2 is 1.20 bits per heavy atom. The number of carbonyl (C=O) groups excluding carboxylic acids is 1. The summed E-state index contributed by atoms with van der Waals surface area (Å²) < 4.78 is 12.4. The van der Waals surface area contributed by atoms with Gasteiger partial charge in [0, 0.05) is 0 Å². The third-order valence-corrected chi connectivity index (χ3v) is 6.42. The molecular formula is C31H29NO3. The number of ether oxygens (including phenoxy) is 2. The lowest BCUT2D eigenvalue weighted by Crippen LogP contribution is -2.43. The molecule has 35 heavy (non-hydrogen) atoms. The van der Waals surface area contributed by atoms with Crippen LogP contribution in [0.5, 0.6) is 0 Å². The Labute approximate surface area is 206 Å². The zero-order chi connectivity index (χ0) is 24.0. The van der Waals surface area contributed by atoms with Gasteiger partial charge < -0.3 is 9.47 Å². The molecule has 4 aromatic carbocycles. The summed E-state index contributed by atoms with van der Waals surface area (Å²) in [5, 5.41) is 0. The van der Waals surface area contributed by atoms with Gasteiger partial charge >= 0.3 is 5.97 Å². The molecule has 0 spiro atoms. The Morgan fingerprint density at radius 1 is 0.743 bits per heavy atom. The minimum Gasteiger partial charge on any atom is -0.465 e. The van der Waals surface area contributed by atoms with Crippen molar-refractivity contribution < 1.29 is 14.3 Å². The fourth-order valence-electron chi connectivity index (χ4n) is 4.93. The maximum atomic E-state index is 13.6. The molecule has 0 bridgehead atoms. The van der Waals surface area contributed by atoms with Crippen LogP contribution in [0.3, 0.4) is 0 Å². The highest BCUT2D eigenvalue weighted by molar-refractivity contribution is 5.77. The molecule has 1 fully saturated rings. The maximum Gasteiger partial charge on any atom is 0.326 e. The highest BCUT2D eigenvalue weighted by Gasteiger charge is 2.51. The highest BCUT2D eigenvalue weighted by Crippen LogP contribution is 2.49. The maximum absolute atomic E-state index is 13.6. The SMILES string of the molecule is CCOC(=O)[C@H]1[C@@H](c2ccccc2)O[C@H](c2ccccc2)N1C(c1ccccc1)c1ccccc1. The molecule has 1 aliphatic rings. The zero-order valence-electron chi connectivity index (χ0n) is 19.7. The van der Waals surface area contributed by atoms with Crippen molar-refractivity contribution >= 4 is 5.97 Å². The molecule has 4 nitrogen and oxygen atoms in total. The Bertz CT molecular complexity index is 1180. The second-order valence-corrected chi connectivity index (χ2v) is 8.60. The lowest BCUT2D eigenvalue weighted by molar-refractivity contribution is -0.150. The average Bonchev–Trinajstić information content (AvgIpc) is 3.31. The molecule has 0 amide bonds. The topological polar surface area (TPSA) is 38.8 Å². The van der Waals surface area contributed by atoms with E-state index in [2.05, 4.69) is 41.3 Å². The molecule has 1 aliphatic heterocycles. The molecule has 1 saturated heterocycles. The van der Waals surface area contributed by atoms with E-state index >= 15 is 0 Å². The van der Waals surface area contributed by atoms with Crippen LogP contribution in [0.4, 0.5) is 0 Å². The Balaban J connectivity index is 1.72. The summed E-state index contributed by atoms with van der Waals surface area (Å²) >= 11 is 0. The van der Waals surface area contributed by atoms with Gasteiger partial charge in [-0.15, -0.1) is 0 Å². The molecule has 1 heterocycles. The van der Waals surface area contributed by atoms with Crippen molar-refractivity contribution in [1.29, 1.82) is 0 Å². The molecule has 5 rings (SSSR count). The number of benzene rings is 4. The molecule has 0 N–H and O–H groups in total. The predicted molar refractivity (Wildman–Crippen MR) is 136 cm³/mol. The smallest absolute Gasteiger partial charge is 0.326 e. The molecule has 0 saturated carbocycles. The summed E-state index contributed by atoms with van der Waals surface area (Å²) in [5.74, 6) is -0.281. The summed E-state index contributed by atoms with van der Waals surface area (Å²) in [6.07, 6.45) is -0.920.